The fourth-order valence-corrected chi connectivity index (χ4v) is 3.00. The molecule has 1 saturated heterocycles. The quantitative estimate of drug-likeness (QED) is 0.699. The molecule has 1 aliphatic rings. The topological polar surface area (TPSA) is 91.4 Å². The fourth-order valence-electron chi connectivity index (χ4n) is 3.00. The first-order valence-electron chi connectivity index (χ1n) is 9.82. The molecule has 0 spiro atoms. The monoisotopic (exact) mass is 406 g/mol. The largest absolute Gasteiger partial charge is 0.497 e. The second-order valence-electron chi connectivity index (χ2n) is 6.65. The molecule has 9 nitrogen and oxygen atoms in total. The predicted octanol–water partition coefficient (Wildman–Crippen LogP) is 1.26. The van der Waals surface area contributed by atoms with Crippen LogP contribution in [0.15, 0.2) is 24.3 Å². The highest BCUT2D eigenvalue weighted by atomic mass is 16.6. The summed E-state index contributed by atoms with van der Waals surface area (Å²) in [6, 6.07) is 7.07. The Labute approximate surface area is 171 Å². The number of hydrogen-bond acceptors (Lipinski definition) is 6. The number of carbonyl (C=O) groups is 3. The van der Waals surface area contributed by atoms with Crippen molar-refractivity contribution < 1.29 is 23.9 Å². The average Bonchev–Trinajstić information content (AvgIpc) is 2.74. The SMILES string of the molecule is CCOC(=O)N1CCN(C(=O)CN(CC)CC(=O)Nc2ccc(OC)cc2)CC1. The zero-order valence-electron chi connectivity index (χ0n) is 17.3. The number of amides is 3. The second kappa shape index (κ2) is 11.3. The lowest BCUT2D eigenvalue weighted by Gasteiger charge is -2.35. The van der Waals surface area contributed by atoms with Gasteiger partial charge in [-0.1, -0.05) is 6.92 Å². The van der Waals surface area contributed by atoms with Crippen LogP contribution in [0.3, 0.4) is 0 Å². The van der Waals surface area contributed by atoms with Crippen LogP contribution in [0.4, 0.5) is 10.5 Å². The Morgan fingerprint density at radius 1 is 1.00 bits per heavy atom. The smallest absolute Gasteiger partial charge is 0.409 e. The summed E-state index contributed by atoms with van der Waals surface area (Å²) in [6.45, 7) is 6.70. The van der Waals surface area contributed by atoms with Crippen LogP contribution in [0.2, 0.25) is 0 Å². The number of anilines is 1. The van der Waals surface area contributed by atoms with Crippen LogP contribution in [0.25, 0.3) is 0 Å². The van der Waals surface area contributed by atoms with Crippen LogP contribution >= 0.6 is 0 Å². The Morgan fingerprint density at radius 3 is 2.17 bits per heavy atom. The lowest BCUT2D eigenvalue weighted by molar-refractivity contribution is -0.134. The van der Waals surface area contributed by atoms with Gasteiger partial charge in [-0.15, -0.1) is 0 Å². The van der Waals surface area contributed by atoms with Gasteiger partial charge in [0.25, 0.3) is 0 Å². The number of nitrogens with one attached hydrogen (secondary N) is 1. The zero-order valence-corrected chi connectivity index (χ0v) is 17.3. The van der Waals surface area contributed by atoms with Crippen LogP contribution in [0.1, 0.15) is 13.8 Å². The Balaban J connectivity index is 1.79. The molecule has 0 unspecified atom stereocenters. The Bertz CT molecular complexity index is 687. The number of rotatable bonds is 8. The van der Waals surface area contributed by atoms with E-state index < -0.39 is 0 Å². The Morgan fingerprint density at radius 2 is 1.62 bits per heavy atom. The van der Waals surface area contributed by atoms with Crippen molar-refractivity contribution in [3.8, 4) is 5.75 Å². The number of likely N-dealkylation sites (N-methyl/N-ethyl adjacent to an activating group) is 1. The van der Waals surface area contributed by atoms with Gasteiger partial charge in [-0.3, -0.25) is 14.5 Å². The Hall–Kier alpha value is -2.81. The third kappa shape index (κ3) is 6.94. The lowest BCUT2D eigenvalue weighted by atomic mass is 10.3. The number of methoxy groups -OCH3 is 1. The van der Waals surface area contributed by atoms with E-state index in [0.29, 0.717) is 50.8 Å². The van der Waals surface area contributed by atoms with Crippen LogP contribution in [0, 0.1) is 0 Å². The van der Waals surface area contributed by atoms with Gasteiger partial charge in [0, 0.05) is 31.9 Å². The molecule has 160 valence electrons. The summed E-state index contributed by atoms with van der Waals surface area (Å²) in [5, 5.41) is 2.82. The van der Waals surface area contributed by atoms with Crippen molar-refractivity contribution in [1.29, 1.82) is 0 Å². The van der Waals surface area contributed by atoms with Gasteiger partial charge in [0.1, 0.15) is 5.75 Å². The third-order valence-electron chi connectivity index (χ3n) is 4.71. The summed E-state index contributed by atoms with van der Waals surface area (Å²) in [4.78, 5) is 41.8. The molecule has 1 fully saturated rings. The van der Waals surface area contributed by atoms with Crippen LogP contribution in [0.5, 0.6) is 5.75 Å². The molecule has 0 aliphatic carbocycles. The first kappa shape index (κ1) is 22.5. The van der Waals surface area contributed by atoms with Gasteiger partial charge >= 0.3 is 6.09 Å². The molecule has 0 radical (unpaired) electrons. The average molecular weight is 406 g/mol. The molecule has 1 N–H and O–H groups in total. The molecule has 29 heavy (non-hydrogen) atoms. The van der Waals surface area contributed by atoms with Gasteiger partial charge in [0.05, 0.1) is 26.8 Å². The van der Waals surface area contributed by atoms with Crippen LogP contribution in [-0.2, 0) is 14.3 Å². The Kier molecular flexibility index (Phi) is 8.72. The molecule has 9 heteroatoms. The minimum absolute atomic E-state index is 0.0485. The molecular formula is C20H30N4O5. The molecule has 2 rings (SSSR count). The number of ether oxygens (including phenoxy) is 2. The number of benzene rings is 1. The molecule has 0 aromatic heterocycles. The van der Waals surface area contributed by atoms with Gasteiger partial charge in [0.15, 0.2) is 0 Å². The highest BCUT2D eigenvalue weighted by Gasteiger charge is 2.26. The molecule has 0 bridgehead atoms. The van der Waals surface area contributed by atoms with Crippen molar-refractivity contribution >= 4 is 23.6 Å². The van der Waals surface area contributed by atoms with E-state index in [4.69, 9.17) is 9.47 Å². The summed E-state index contributed by atoms with van der Waals surface area (Å²) >= 11 is 0. The summed E-state index contributed by atoms with van der Waals surface area (Å²) in [5.41, 5.74) is 0.674. The summed E-state index contributed by atoms with van der Waals surface area (Å²) < 4.78 is 10.1. The van der Waals surface area contributed by atoms with Gasteiger partial charge in [-0.25, -0.2) is 4.79 Å². The number of hydrogen-bond donors (Lipinski definition) is 1. The predicted molar refractivity (Wildman–Crippen MR) is 109 cm³/mol. The van der Waals surface area contributed by atoms with E-state index in [1.807, 2.05) is 6.92 Å². The van der Waals surface area contributed by atoms with Crippen LogP contribution in [-0.4, -0.2) is 92.1 Å². The molecule has 1 heterocycles. The maximum absolute atomic E-state index is 12.6. The van der Waals surface area contributed by atoms with E-state index >= 15 is 0 Å². The molecule has 0 saturated carbocycles. The molecule has 1 aliphatic heterocycles. The maximum atomic E-state index is 12.6. The van der Waals surface area contributed by atoms with E-state index in [1.165, 1.54) is 0 Å². The highest BCUT2D eigenvalue weighted by molar-refractivity contribution is 5.92. The molecular weight excluding hydrogens is 376 g/mol. The molecule has 0 atom stereocenters. The summed E-state index contributed by atoms with van der Waals surface area (Å²) in [6.07, 6.45) is -0.343. The van der Waals surface area contributed by atoms with Crippen molar-refractivity contribution in [2.75, 3.05) is 64.8 Å². The van der Waals surface area contributed by atoms with Crippen molar-refractivity contribution in [2.45, 2.75) is 13.8 Å². The number of carbonyl (C=O) groups excluding carboxylic acids is 3. The first-order chi connectivity index (χ1) is 14.0. The lowest BCUT2D eigenvalue weighted by Crippen LogP contribution is -2.53. The van der Waals surface area contributed by atoms with Gasteiger partial charge in [0.2, 0.25) is 11.8 Å². The third-order valence-corrected chi connectivity index (χ3v) is 4.71. The molecule has 1 aromatic rings. The van der Waals surface area contributed by atoms with Crippen molar-refractivity contribution in [1.82, 2.24) is 14.7 Å². The molecule has 3 amide bonds. The number of nitrogens with zero attached hydrogens (tertiary/aromatic N) is 3. The highest BCUT2D eigenvalue weighted by Crippen LogP contribution is 2.15. The van der Waals surface area contributed by atoms with E-state index in [2.05, 4.69) is 5.32 Å². The van der Waals surface area contributed by atoms with E-state index in [0.717, 1.165) is 0 Å². The van der Waals surface area contributed by atoms with Crippen molar-refractivity contribution in [3.05, 3.63) is 24.3 Å². The van der Waals surface area contributed by atoms with Gasteiger partial charge in [-0.05, 0) is 37.7 Å². The maximum Gasteiger partial charge on any atom is 0.409 e. The minimum Gasteiger partial charge on any atom is -0.497 e. The molecule has 1 aromatic carbocycles. The second-order valence-corrected chi connectivity index (χ2v) is 6.65. The normalized spacial score (nSPS) is 13.9. The van der Waals surface area contributed by atoms with Crippen molar-refractivity contribution in [2.24, 2.45) is 0 Å². The van der Waals surface area contributed by atoms with Gasteiger partial charge in [-0.2, -0.15) is 0 Å². The van der Waals surface area contributed by atoms with E-state index in [1.54, 1.807) is 53.0 Å². The van der Waals surface area contributed by atoms with Crippen LogP contribution < -0.4 is 10.1 Å². The summed E-state index contributed by atoms with van der Waals surface area (Å²) in [5.74, 6) is 0.483. The van der Waals surface area contributed by atoms with E-state index in [-0.39, 0.29) is 31.0 Å². The van der Waals surface area contributed by atoms with Gasteiger partial charge < -0.3 is 24.6 Å². The first-order valence-corrected chi connectivity index (χ1v) is 9.82. The number of piperazine rings is 1. The van der Waals surface area contributed by atoms with Crippen molar-refractivity contribution in [3.63, 3.8) is 0 Å². The minimum atomic E-state index is -0.343. The summed E-state index contributed by atoms with van der Waals surface area (Å²) in [7, 11) is 1.58. The standard InChI is InChI=1S/C20H30N4O5/c1-4-22(14-18(25)21-16-6-8-17(28-3)9-7-16)15-19(26)23-10-12-24(13-11-23)20(27)29-5-2/h6-9H,4-5,10-15H2,1-3H3,(H,21,25). The van der Waals surface area contributed by atoms with E-state index in [9.17, 15) is 14.4 Å². The fraction of sp³-hybridized carbons (Fsp3) is 0.550. The zero-order chi connectivity index (χ0) is 21.2.